The van der Waals surface area contributed by atoms with E-state index in [1.165, 1.54) is 26.0 Å². The molecule has 1 N–H and O–H groups in total. The number of hydrogen-bond acceptors (Lipinski definition) is 8. The van der Waals surface area contributed by atoms with Crippen LogP contribution in [0.5, 0.6) is 11.5 Å². The minimum Gasteiger partial charge on any atom is -0.497 e. The number of sulfone groups is 1. The molecule has 1 atom stereocenters. The smallest absolute Gasteiger partial charge is 0.237 e. The highest BCUT2D eigenvalue weighted by atomic mass is 32.2. The van der Waals surface area contributed by atoms with Crippen LogP contribution >= 0.6 is 11.8 Å². The van der Waals surface area contributed by atoms with Gasteiger partial charge in [-0.1, -0.05) is 36.0 Å². The zero-order valence-corrected chi connectivity index (χ0v) is 20.7. The standard InChI is InChI=1S/C23H26N4O5S2/c1-5-13-27-21(15-34(29,30)18-9-7-6-8-10-18)25-26-23(27)33-16(2)22(28)24-19-14-17(31-3)11-12-20(19)32-4/h5-12,14,16H,1,13,15H2,2-4H3,(H,24,28). The molecule has 0 fully saturated rings. The number of thioether (sulfide) groups is 1. The van der Waals surface area contributed by atoms with Gasteiger partial charge in [-0.3, -0.25) is 4.79 Å². The van der Waals surface area contributed by atoms with Crippen LogP contribution < -0.4 is 14.8 Å². The first-order valence-corrected chi connectivity index (χ1v) is 12.8. The van der Waals surface area contributed by atoms with Crippen LogP contribution in [0.15, 0.2) is 71.2 Å². The fourth-order valence-electron chi connectivity index (χ4n) is 3.06. The van der Waals surface area contributed by atoms with Crippen molar-refractivity contribution in [2.75, 3.05) is 19.5 Å². The van der Waals surface area contributed by atoms with Gasteiger partial charge in [0.1, 0.15) is 23.1 Å². The summed E-state index contributed by atoms with van der Waals surface area (Å²) in [4.78, 5) is 13.1. The molecule has 3 aromatic rings. The van der Waals surface area contributed by atoms with Crippen molar-refractivity contribution in [3.05, 3.63) is 67.0 Å². The van der Waals surface area contributed by atoms with E-state index in [-0.39, 0.29) is 22.4 Å². The Morgan fingerprint density at radius 1 is 1.18 bits per heavy atom. The quantitative estimate of drug-likeness (QED) is 0.313. The van der Waals surface area contributed by atoms with Crippen LogP contribution in [0.4, 0.5) is 5.69 Å². The van der Waals surface area contributed by atoms with Crippen LogP contribution in [0.25, 0.3) is 0 Å². The van der Waals surface area contributed by atoms with Crippen molar-refractivity contribution in [2.45, 2.75) is 34.5 Å². The lowest BCUT2D eigenvalue weighted by Gasteiger charge is -2.15. The summed E-state index contributed by atoms with van der Waals surface area (Å²) in [6, 6.07) is 13.3. The molecule has 2 aromatic carbocycles. The first-order valence-electron chi connectivity index (χ1n) is 10.3. The molecule has 0 bridgehead atoms. The molecule has 180 valence electrons. The van der Waals surface area contributed by atoms with E-state index in [4.69, 9.17) is 9.47 Å². The highest BCUT2D eigenvalue weighted by molar-refractivity contribution is 8.00. The first-order chi connectivity index (χ1) is 16.3. The Kier molecular flexibility index (Phi) is 8.35. The van der Waals surface area contributed by atoms with Crippen molar-refractivity contribution in [3.8, 4) is 11.5 Å². The number of methoxy groups -OCH3 is 2. The summed E-state index contributed by atoms with van der Waals surface area (Å²) in [6.45, 7) is 5.76. The molecule has 0 aliphatic rings. The molecule has 9 nitrogen and oxygen atoms in total. The van der Waals surface area contributed by atoms with E-state index in [9.17, 15) is 13.2 Å². The molecule has 1 aromatic heterocycles. The van der Waals surface area contributed by atoms with Gasteiger partial charge in [-0.25, -0.2) is 8.42 Å². The minimum absolute atomic E-state index is 0.206. The Labute approximate surface area is 203 Å². The number of hydrogen-bond donors (Lipinski definition) is 1. The molecule has 1 unspecified atom stereocenters. The summed E-state index contributed by atoms with van der Waals surface area (Å²) >= 11 is 1.17. The number of nitrogens with zero attached hydrogens (tertiary/aromatic N) is 3. The monoisotopic (exact) mass is 502 g/mol. The fraction of sp³-hybridized carbons (Fsp3) is 0.261. The first kappa shape index (κ1) is 25.3. The summed E-state index contributed by atoms with van der Waals surface area (Å²) in [5.41, 5.74) is 0.474. The Hall–Kier alpha value is -3.31. The van der Waals surface area contributed by atoms with Crippen molar-refractivity contribution >= 4 is 33.2 Å². The molecule has 0 spiro atoms. The minimum atomic E-state index is -3.61. The molecule has 0 aliphatic heterocycles. The molecule has 11 heteroatoms. The van der Waals surface area contributed by atoms with Crippen molar-refractivity contribution in [2.24, 2.45) is 0 Å². The van der Waals surface area contributed by atoms with Gasteiger partial charge in [-0.15, -0.1) is 16.8 Å². The number of anilines is 1. The summed E-state index contributed by atoms with van der Waals surface area (Å²) in [6.07, 6.45) is 1.62. The van der Waals surface area contributed by atoms with Crippen LogP contribution in [0.1, 0.15) is 12.7 Å². The normalized spacial score (nSPS) is 12.1. The average molecular weight is 503 g/mol. The average Bonchev–Trinajstić information content (AvgIpc) is 3.19. The summed E-state index contributed by atoms with van der Waals surface area (Å²) in [5.74, 6) is 0.734. The lowest BCUT2D eigenvalue weighted by molar-refractivity contribution is -0.115. The summed E-state index contributed by atoms with van der Waals surface area (Å²) in [5, 5.41) is 10.9. The van der Waals surface area contributed by atoms with Crippen molar-refractivity contribution in [1.82, 2.24) is 14.8 Å². The van der Waals surface area contributed by atoms with Gasteiger partial charge in [0.2, 0.25) is 5.91 Å². The largest absolute Gasteiger partial charge is 0.497 e. The molecule has 0 saturated heterocycles. The highest BCUT2D eigenvalue weighted by Crippen LogP contribution is 2.31. The molecule has 1 amide bonds. The highest BCUT2D eigenvalue weighted by Gasteiger charge is 2.24. The molecule has 0 saturated carbocycles. The lowest BCUT2D eigenvalue weighted by atomic mass is 10.2. The number of ether oxygens (including phenoxy) is 2. The van der Waals surface area contributed by atoms with Crippen LogP contribution in [-0.2, 0) is 26.9 Å². The van der Waals surface area contributed by atoms with Crippen LogP contribution in [0.3, 0.4) is 0 Å². The van der Waals surface area contributed by atoms with Crippen LogP contribution in [-0.4, -0.2) is 48.6 Å². The fourth-order valence-corrected chi connectivity index (χ4v) is 5.23. The van der Waals surface area contributed by atoms with Gasteiger partial charge in [0, 0.05) is 12.6 Å². The molecule has 3 rings (SSSR count). The second-order valence-corrected chi connectivity index (χ2v) is 10.5. The molecule has 1 heterocycles. The van der Waals surface area contributed by atoms with Gasteiger partial charge in [-0.2, -0.15) is 0 Å². The van der Waals surface area contributed by atoms with E-state index >= 15 is 0 Å². The van der Waals surface area contributed by atoms with Gasteiger partial charge >= 0.3 is 0 Å². The molecular formula is C23H26N4O5S2. The van der Waals surface area contributed by atoms with Gasteiger partial charge in [-0.05, 0) is 31.2 Å². The van der Waals surface area contributed by atoms with Gasteiger partial charge < -0.3 is 19.4 Å². The maximum absolute atomic E-state index is 12.9. The topological polar surface area (TPSA) is 112 Å². The maximum atomic E-state index is 12.9. The Morgan fingerprint density at radius 2 is 1.91 bits per heavy atom. The van der Waals surface area contributed by atoms with Crippen molar-refractivity contribution in [3.63, 3.8) is 0 Å². The predicted octanol–water partition coefficient (Wildman–Crippen LogP) is 3.57. The molecule has 0 aliphatic carbocycles. The van der Waals surface area contributed by atoms with Crippen molar-refractivity contribution in [1.29, 1.82) is 0 Å². The van der Waals surface area contributed by atoms with E-state index < -0.39 is 15.1 Å². The van der Waals surface area contributed by atoms with E-state index in [1.807, 2.05) is 0 Å². The summed E-state index contributed by atoms with van der Waals surface area (Å²) < 4.78 is 37.8. The van der Waals surface area contributed by atoms with E-state index in [1.54, 1.807) is 66.1 Å². The van der Waals surface area contributed by atoms with Crippen LogP contribution in [0.2, 0.25) is 0 Å². The molecule has 0 radical (unpaired) electrons. The maximum Gasteiger partial charge on any atom is 0.237 e. The molecule has 34 heavy (non-hydrogen) atoms. The molecular weight excluding hydrogens is 476 g/mol. The number of allylic oxidation sites excluding steroid dienone is 1. The number of amides is 1. The number of aromatic nitrogens is 3. The second-order valence-electron chi connectivity index (χ2n) is 7.19. The van der Waals surface area contributed by atoms with Gasteiger partial charge in [0.25, 0.3) is 0 Å². The zero-order valence-electron chi connectivity index (χ0n) is 19.1. The third-order valence-electron chi connectivity index (χ3n) is 4.84. The van der Waals surface area contributed by atoms with Crippen LogP contribution in [0, 0.1) is 0 Å². The van der Waals surface area contributed by atoms with E-state index in [0.29, 0.717) is 28.9 Å². The second kappa shape index (κ2) is 11.2. The Balaban J connectivity index is 1.78. The predicted molar refractivity (Wildman–Crippen MR) is 131 cm³/mol. The number of benzene rings is 2. The van der Waals surface area contributed by atoms with Gasteiger partial charge in [0.05, 0.1) is 30.1 Å². The third-order valence-corrected chi connectivity index (χ3v) is 7.55. The SMILES string of the molecule is C=CCn1c(CS(=O)(=O)c2ccccc2)nnc1SC(C)C(=O)Nc1cc(OC)ccc1OC. The number of carbonyl (C=O) groups is 1. The number of rotatable bonds is 11. The van der Waals surface area contributed by atoms with E-state index in [0.717, 1.165) is 0 Å². The Bertz CT molecular complexity index is 1260. The lowest BCUT2D eigenvalue weighted by Crippen LogP contribution is -2.23. The number of carbonyl (C=O) groups excluding carboxylic acids is 1. The zero-order chi connectivity index (χ0) is 24.7. The Morgan fingerprint density at radius 3 is 2.56 bits per heavy atom. The van der Waals surface area contributed by atoms with E-state index in [2.05, 4.69) is 22.1 Å². The number of nitrogens with one attached hydrogen (secondary N) is 1. The third kappa shape index (κ3) is 5.97. The van der Waals surface area contributed by atoms with Crippen molar-refractivity contribution < 1.29 is 22.7 Å². The summed E-state index contributed by atoms with van der Waals surface area (Å²) in [7, 11) is -0.565. The van der Waals surface area contributed by atoms with Gasteiger partial charge in [0.15, 0.2) is 15.0 Å².